The zero-order valence-electron chi connectivity index (χ0n) is 11.9. The molecular formula is C16H22N2O2. The van der Waals surface area contributed by atoms with Gasteiger partial charge in [0, 0.05) is 6.20 Å². The number of aryl methyl sites for hydroxylation is 1. The van der Waals surface area contributed by atoms with Crippen molar-refractivity contribution in [3.63, 3.8) is 0 Å². The predicted molar refractivity (Wildman–Crippen MR) is 74.2 cm³/mol. The number of hydrogen-bond donors (Lipinski definition) is 1. The van der Waals surface area contributed by atoms with Crippen LogP contribution in [-0.4, -0.2) is 20.6 Å². The van der Waals surface area contributed by atoms with Gasteiger partial charge in [0.05, 0.1) is 12.0 Å². The van der Waals surface area contributed by atoms with E-state index in [0.29, 0.717) is 17.8 Å². The van der Waals surface area contributed by atoms with Crippen LogP contribution in [0.3, 0.4) is 0 Å². The molecule has 1 unspecified atom stereocenters. The van der Waals surface area contributed by atoms with Gasteiger partial charge in [-0.2, -0.15) is 0 Å². The molecule has 1 aromatic rings. The summed E-state index contributed by atoms with van der Waals surface area (Å²) >= 11 is 0. The first-order valence-corrected chi connectivity index (χ1v) is 7.84. The summed E-state index contributed by atoms with van der Waals surface area (Å²) in [5, 5.41) is 9.77. The predicted octanol–water partition coefficient (Wildman–Crippen LogP) is 2.89. The van der Waals surface area contributed by atoms with Crippen LogP contribution in [-0.2, 0) is 4.79 Å². The van der Waals surface area contributed by atoms with Gasteiger partial charge in [-0.15, -0.1) is 0 Å². The molecule has 0 aromatic carbocycles. The van der Waals surface area contributed by atoms with Crippen molar-refractivity contribution in [2.45, 2.75) is 45.1 Å². The largest absolute Gasteiger partial charge is 0.480 e. The van der Waals surface area contributed by atoms with E-state index in [-0.39, 0.29) is 0 Å². The maximum atomic E-state index is 11.9. The molecule has 20 heavy (non-hydrogen) atoms. The first kappa shape index (κ1) is 12.4. The standard InChI is InChI=1S/C16H22N2O2/c1-9-7-18(8-17-9)15(16(19)20)14-12-3-10-2-11(5-12)6-13(14)4-10/h7-8,10-15H,2-6H2,1H3,(H,19,20). The number of carboxylic acid groups (broad SMARTS) is 1. The fraction of sp³-hybridized carbons (Fsp3) is 0.750. The monoisotopic (exact) mass is 274 g/mol. The van der Waals surface area contributed by atoms with Crippen LogP contribution in [0.25, 0.3) is 0 Å². The third kappa shape index (κ3) is 1.80. The summed E-state index contributed by atoms with van der Waals surface area (Å²) in [6, 6.07) is -0.411. The van der Waals surface area contributed by atoms with Gasteiger partial charge in [0.1, 0.15) is 6.04 Å². The molecule has 108 valence electrons. The maximum Gasteiger partial charge on any atom is 0.327 e. The Morgan fingerprint density at radius 3 is 2.30 bits per heavy atom. The highest BCUT2D eigenvalue weighted by Crippen LogP contribution is 2.59. The SMILES string of the molecule is Cc1cn(C(C(=O)O)C2C3CC4CC(C3)CC2C4)cn1. The fourth-order valence-electron chi connectivity index (χ4n) is 5.57. The van der Waals surface area contributed by atoms with Crippen molar-refractivity contribution in [1.29, 1.82) is 0 Å². The van der Waals surface area contributed by atoms with Gasteiger partial charge in [-0.1, -0.05) is 0 Å². The summed E-state index contributed by atoms with van der Waals surface area (Å²) < 4.78 is 1.85. The second-order valence-corrected chi connectivity index (χ2v) is 7.25. The van der Waals surface area contributed by atoms with Crippen LogP contribution in [0.4, 0.5) is 0 Å². The van der Waals surface area contributed by atoms with Gasteiger partial charge in [0.15, 0.2) is 0 Å². The molecule has 1 aromatic heterocycles. The smallest absolute Gasteiger partial charge is 0.327 e. The highest BCUT2D eigenvalue weighted by Gasteiger charge is 2.52. The number of nitrogens with zero attached hydrogens (tertiary/aromatic N) is 2. The van der Waals surface area contributed by atoms with Gasteiger partial charge in [-0.3, -0.25) is 0 Å². The Kier molecular flexibility index (Phi) is 2.69. The Bertz CT molecular complexity index is 508. The molecule has 0 radical (unpaired) electrons. The van der Waals surface area contributed by atoms with Crippen LogP contribution in [0.1, 0.15) is 43.8 Å². The molecule has 4 aliphatic carbocycles. The van der Waals surface area contributed by atoms with E-state index in [1.165, 1.54) is 32.1 Å². The molecule has 4 nitrogen and oxygen atoms in total. The lowest BCUT2D eigenvalue weighted by Crippen LogP contribution is -2.49. The van der Waals surface area contributed by atoms with E-state index < -0.39 is 12.0 Å². The van der Waals surface area contributed by atoms with E-state index in [2.05, 4.69) is 4.98 Å². The normalized spacial score (nSPS) is 40.0. The molecule has 0 amide bonds. The van der Waals surface area contributed by atoms with Gasteiger partial charge >= 0.3 is 5.97 Å². The fourth-order valence-corrected chi connectivity index (χ4v) is 5.57. The number of hydrogen-bond acceptors (Lipinski definition) is 2. The second-order valence-electron chi connectivity index (χ2n) is 7.25. The summed E-state index contributed by atoms with van der Waals surface area (Å²) in [4.78, 5) is 16.1. The maximum absolute atomic E-state index is 11.9. The molecule has 4 bridgehead atoms. The number of aliphatic carboxylic acids is 1. The van der Waals surface area contributed by atoms with Gasteiger partial charge in [0.25, 0.3) is 0 Å². The lowest BCUT2D eigenvalue weighted by atomic mass is 9.50. The Labute approximate surface area is 119 Å². The Morgan fingerprint density at radius 1 is 1.25 bits per heavy atom. The summed E-state index contributed by atoms with van der Waals surface area (Å²) in [5.74, 6) is 2.64. The van der Waals surface area contributed by atoms with E-state index >= 15 is 0 Å². The van der Waals surface area contributed by atoms with E-state index in [0.717, 1.165) is 17.5 Å². The molecule has 4 fully saturated rings. The average Bonchev–Trinajstić information content (AvgIpc) is 2.78. The number of rotatable bonds is 3. The molecular weight excluding hydrogens is 252 g/mol. The molecule has 1 heterocycles. The average molecular weight is 274 g/mol. The topological polar surface area (TPSA) is 55.1 Å². The molecule has 1 N–H and O–H groups in total. The zero-order chi connectivity index (χ0) is 13.9. The molecule has 1 atom stereocenters. The molecule has 0 saturated heterocycles. The summed E-state index contributed by atoms with van der Waals surface area (Å²) in [6.45, 7) is 1.92. The number of carboxylic acids is 1. The first-order valence-electron chi connectivity index (χ1n) is 7.84. The molecule has 0 spiro atoms. The molecule has 4 saturated carbocycles. The van der Waals surface area contributed by atoms with E-state index in [9.17, 15) is 9.90 Å². The molecule has 0 aliphatic heterocycles. The van der Waals surface area contributed by atoms with Gasteiger partial charge in [0.2, 0.25) is 0 Å². The minimum absolute atomic E-state index is 0.314. The molecule has 4 aliphatic rings. The minimum Gasteiger partial charge on any atom is -0.480 e. The Hall–Kier alpha value is -1.32. The van der Waals surface area contributed by atoms with Gasteiger partial charge in [-0.25, -0.2) is 9.78 Å². The number of imidazole rings is 1. The third-order valence-corrected chi connectivity index (χ3v) is 5.97. The van der Waals surface area contributed by atoms with Crippen LogP contribution in [0.15, 0.2) is 12.5 Å². The number of aromatic nitrogens is 2. The van der Waals surface area contributed by atoms with Crippen molar-refractivity contribution < 1.29 is 9.90 Å². The second kappa shape index (κ2) is 4.34. The highest BCUT2D eigenvalue weighted by molar-refractivity contribution is 5.72. The van der Waals surface area contributed by atoms with Crippen molar-refractivity contribution in [3.05, 3.63) is 18.2 Å². The van der Waals surface area contributed by atoms with Crippen LogP contribution < -0.4 is 0 Å². The Balaban J connectivity index is 1.68. The minimum atomic E-state index is -0.681. The quantitative estimate of drug-likeness (QED) is 0.922. The van der Waals surface area contributed by atoms with Gasteiger partial charge in [-0.05, 0) is 68.6 Å². The van der Waals surface area contributed by atoms with Crippen molar-refractivity contribution in [2.24, 2.45) is 29.6 Å². The van der Waals surface area contributed by atoms with Crippen molar-refractivity contribution in [2.75, 3.05) is 0 Å². The zero-order valence-corrected chi connectivity index (χ0v) is 11.9. The summed E-state index contributed by atoms with van der Waals surface area (Å²) in [5.41, 5.74) is 0.903. The summed E-state index contributed by atoms with van der Waals surface area (Å²) in [6.07, 6.45) is 10.0. The van der Waals surface area contributed by atoms with Crippen LogP contribution in [0.5, 0.6) is 0 Å². The van der Waals surface area contributed by atoms with E-state index in [4.69, 9.17) is 0 Å². The first-order chi connectivity index (χ1) is 9.61. The summed E-state index contributed by atoms with van der Waals surface area (Å²) in [7, 11) is 0. The van der Waals surface area contributed by atoms with E-state index in [1.807, 2.05) is 17.7 Å². The number of carbonyl (C=O) groups is 1. The van der Waals surface area contributed by atoms with E-state index in [1.54, 1.807) is 6.33 Å². The van der Waals surface area contributed by atoms with Crippen molar-refractivity contribution >= 4 is 5.97 Å². The lowest BCUT2D eigenvalue weighted by Gasteiger charge is -2.55. The van der Waals surface area contributed by atoms with Crippen LogP contribution in [0, 0.1) is 36.5 Å². The van der Waals surface area contributed by atoms with Gasteiger partial charge < -0.3 is 9.67 Å². The molecule has 5 rings (SSSR count). The van der Waals surface area contributed by atoms with Crippen molar-refractivity contribution in [3.8, 4) is 0 Å². The van der Waals surface area contributed by atoms with Crippen LogP contribution >= 0.6 is 0 Å². The lowest BCUT2D eigenvalue weighted by molar-refractivity contribution is -0.149. The Morgan fingerprint density at radius 2 is 1.85 bits per heavy atom. The third-order valence-electron chi connectivity index (χ3n) is 5.97. The molecule has 4 heteroatoms. The van der Waals surface area contributed by atoms with Crippen LogP contribution in [0.2, 0.25) is 0 Å². The van der Waals surface area contributed by atoms with Crippen molar-refractivity contribution in [1.82, 2.24) is 9.55 Å². The highest BCUT2D eigenvalue weighted by atomic mass is 16.4.